The quantitative estimate of drug-likeness (QED) is 0.433. The minimum absolute atomic E-state index is 0.137. The summed E-state index contributed by atoms with van der Waals surface area (Å²) in [5.74, 6) is 0.524. The summed E-state index contributed by atoms with van der Waals surface area (Å²) in [5, 5.41) is 6.66. The van der Waals surface area contributed by atoms with Crippen molar-refractivity contribution < 1.29 is 4.79 Å². The van der Waals surface area contributed by atoms with Gasteiger partial charge in [0.1, 0.15) is 4.88 Å². The van der Waals surface area contributed by atoms with Crippen molar-refractivity contribution in [3.05, 3.63) is 79.4 Å². The summed E-state index contributed by atoms with van der Waals surface area (Å²) in [7, 11) is 0. The summed E-state index contributed by atoms with van der Waals surface area (Å²) >= 11 is 21.0. The molecule has 0 bridgehead atoms. The highest BCUT2D eigenvalue weighted by Gasteiger charge is 2.14. The molecule has 1 heterocycles. The van der Waals surface area contributed by atoms with Gasteiger partial charge < -0.3 is 5.32 Å². The molecule has 1 aromatic heterocycles. The van der Waals surface area contributed by atoms with E-state index >= 15 is 0 Å². The van der Waals surface area contributed by atoms with Crippen molar-refractivity contribution in [2.75, 3.05) is 5.32 Å². The molecule has 1 N–H and O–H groups in total. The first-order valence-electron chi connectivity index (χ1n) is 7.24. The normalized spacial score (nSPS) is 10.7. The maximum absolute atomic E-state index is 12.5. The third-order valence-corrected chi connectivity index (χ3v) is 6.32. The van der Waals surface area contributed by atoms with Crippen LogP contribution in [0.3, 0.4) is 0 Å². The Bertz CT molecular complexity index is 894. The molecule has 3 aromatic rings. The Morgan fingerprint density at radius 2 is 1.72 bits per heavy atom. The minimum atomic E-state index is -0.137. The van der Waals surface area contributed by atoms with Crippen LogP contribution in [0.1, 0.15) is 15.2 Å². The highest BCUT2D eigenvalue weighted by Crippen LogP contribution is 2.33. The van der Waals surface area contributed by atoms with E-state index in [1.54, 1.807) is 42.1 Å². The molecule has 0 spiro atoms. The number of rotatable bonds is 5. The van der Waals surface area contributed by atoms with Gasteiger partial charge >= 0.3 is 0 Å². The zero-order chi connectivity index (χ0) is 17.8. The van der Waals surface area contributed by atoms with E-state index in [-0.39, 0.29) is 5.91 Å². The third kappa shape index (κ3) is 4.93. The number of amides is 1. The van der Waals surface area contributed by atoms with E-state index in [0.29, 0.717) is 31.4 Å². The van der Waals surface area contributed by atoms with Gasteiger partial charge in [-0.25, -0.2) is 0 Å². The third-order valence-electron chi connectivity index (χ3n) is 3.34. The smallest absolute Gasteiger partial charge is 0.266 e. The number of nitrogens with one attached hydrogen (secondary N) is 1. The predicted octanol–water partition coefficient (Wildman–Crippen LogP) is 7.25. The van der Waals surface area contributed by atoms with Gasteiger partial charge in [-0.1, -0.05) is 40.9 Å². The van der Waals surface area contributed by atoms with Crippen LogP contribution in [-0.2, 0) is 5.75 Å². The molecule has 1 amide bonds. The van der Waals surface area contributed by atoms with Gasteiger partial charge in [0.05, 0.1) is 0 Å². The number of thioether (sulfide) groups is 1. The molecule has 0 unspecified atom stereocenters. The molecule has 3 rings (SSSR count). The fourth-order valence-corrected chi connectivity index (χ4v) is 4.81. The van der Waals surface area contributed by atoms with Gasteiger partial charge in [0, 0.05) is 31.4 Å². The van der Waals surface area contributed by atoms with Crippen LogP contribution in [0.15, 0.2) is 58.8 Å². The summed E-state index contributed by atoms with van der Waals surface area (Å²) in [6.45, 7) is 0. The highest BCUT2D eigenvalue weighted by molar-refractivity contribution is 7.98. The Morgan fingerprint density at radius 1 is 1.00 bits per heavy atom. The van der Waals surface area contributed by atoms with Gasteiger partial charge in [-0.3, -0.25) is 4.79 Å². The lowest BCUT2D eigenvalue weighted by atomic mass is 10.2. The van der Waals surface area contributed by atoms with Gasteiger partial charge in [0.2, 0.25) is 0 Å². The molecule has 2 nitrogen and oxygen atoms in total. The molecule has 7 heteroatoms. The molecule has 0 aliphatic rings. The second kappa shape index (κ2) is 8.47. The lowest BCUT2D eigenvalue weighted by molar-refractivity contribution is 0.102. The Labute approximate surface area is 169 Å². The molecule has 0 saturated heterocycles. The van der Waals surface area contributed by atoms with E-state index < -0.39 is 0 Å². The number of thiophene rings is 1. The predicted molar refractivity (Wildman–Crippen MR) is 110 cm³/mol. The van der Waals surface area contributed by atoms with E-state index in [0.717, 1.165) is 10.5 Å². The van der Waals surface area contributed by atoms with Crippen molar-refractivity contribution in [2.45, 2.75) is 10.6 Å². The zero-order valence-corrected chi connectivity index (χ0v) is 16.7. The number of hydrogen-bond donors (Lipinski definition) is 1. The first kappa shape index (κ1) is 18.6. The molecule has 0 aliphatic heterocycles. The Kier molecular flexibility index (Phi) is 6.31. The second-order valence-corrected chi connectivity index (χ2v) is 8.31. The molecule has 0 saturated carbocycles. The average molecular weight is 429 g/mol. The van der Waals surface area contributed by atoms with Crippen LogP contribution in [0.2, 0.25) is 15.1 Å². The Balaban J connectivity index is 1.69. The topological polar surface area (TPSA) is 29.1 Å². The van der Waals surface area contributed by atoms with Crippen LogP contribution in [0.5, 0.6) is 0 Å². The zero-order valence-electron chi connectivity index (χ0n) is 12.8. The van der Waals surface area contributed by atoms with Gasteiger partial charge in [-0.15, -0.1) is 23.1 Å². The SMILES string of the molecule is O=C(Nc1ccc(Cl)cc1)c1sccc1SCc1ccc(Cl)cc1Cl. The highest BCUT2D eigenvalue weighted by atomic mass is 35.5. The number of anilines is 1. The summed E-state index contributed by atoms with van der Waals surface area (Å²) in [6, 6.07) is 14.4. The molecule has 0 radical (unpaired) electrons. The Morgan fingerprint density at radius 3 is 2.44 bits per heavy atom. The first-order chi connectivity index (χ1) is 12.0. The molecule has 2 aromatic carbocycles. The van der Waals surface area contributed by atoms with Crippen molar-refractivity contribution in [3.8, 4) is 0 Å². The molecule has 128 valence electrons. The van der Waals surface area contributed by atoms with Crippen LogP contribution in [-0.4, -0.2) is 5.91 Å². The van der Waals surface area contributed by atoms with Crippen LogP contribution in [0.4, 0.5) is 5.69 Å². The minimum Gasteiger partial charge on any atom is -0.321 e. The fraction of sp³-hybridized carbons (Fsp3) is 0.0556. The first-order valence-corrected chi connectivity index (χ1v) is 10.2. The fourth-order valence-electron chi connectivity index (χ4n) is 2.09. The van der Waals surface area contributed by atoms with Gasteiger partial charge in [-0.05, 0) is 53.4 Å². The second-order valence-electron chi connectivity index (χ2n) is 5.10. The van der Waals surface area contributed by atoms with Gasteiger partial charge in [0.15, 0.2) is 0 Å². The molecule has 0 atom stereocenters. The van der Waals surface area contributed by atoms with Crippen LogP contribution < -0.4 is 5.32 Å². The molecular weight excluding hydrogens is 417 g/mol. The van der Waals surface area contributed by atoms with Crippen molar-refractivity contribution in [3.63, 3.8) is 0 Å². The van der Waals surface area contributed by atoms with Crippen LogP contribution in [0.25, 0.3) is 0 Å². The van der Waals surface area contributed by atoms with Crippen molar-refractivity contribution in [1.82, 2.24) is 0 Å². The number of carbonyl (C=O) groups is 1. The van der Waals surface area contributed by atoms with E-state index in [1.807, 2.05) is 23.6 Å². The number of hydrogen-bond acceptors (Lipinski definition) is 3. The Hall–Kier alpha value is -1.17. The largest absolute Gasteiger partial charge is 0.321 e. The van der Waals surface area contributed by atoms with E-state index in [9.17, 15) is 4.79 Å². The van der Waals surface area contributed by atoms with Crippen molar-refractivity contribution in [1.29, 1.82) is 0 Å². The number of carbonyl (C=O) groups excluding carboxylic acids is 1. The van der Waals surface area contributed by atoms with E-state index in [1.165, 1.54) is 11.3 Å². The summed E-state index contributed by atoms with van der Waals surface area (Å²) in [5.41, 5.74) is 1.69. The maximum atomic E-state index is 12.5. The van der Waals surface area contributed by atoms with Crippen molar-refractivity contribution in [2.24, 2.45) is 0 Å². The molecular formula is C18H12Cl3NOS2. The average Bonchev–Trinajstić information content (AvgIpc) is 3.05. The molecule has 0 aliphatic carbocycles. The summed E-state index contributed by atoms with van der Waals surface area (Å²) in [4.78, 5) is 14.1. The lowest BCUT2D eigenvalue weighted by Crippen LogP contribution is -2.10. The molecule has 25 heavy (non-hydrogen) atoms. The number of halogens is 3. The van der Waals surface area contributed by atoms with E-state index in [2.05, 4.69) is 5.32 Å². The van der Waals surface area contributed by atoms with Crippen LogP contribution >= 0.6 is 57.9 Å². The van der Waals surface area contributed by atoms with Crippen molar-refractivity contribution >= 4 is 69.5 Å². The van der Waals surface area contributed by atoms with E-state index in [4.69, 9.17) is 34.8 Å². The maximum Gasteiger partial charge on any atom is 0.266 e. The lowest BCUT2D eigenvalue weighted by Gasteiger charge is -2.07. The standard InChI is InChI=1S/C18H12Cl3NOS2/c19-12-3-5-14(6-4-12)22-18(23)17-16(7-8-24-17)25-10-11-1-2-13(20)9-15(11)21/h1-9H,10H2,(H,22,23). The molecule has 0 fully saturated rings. The number of benzene rings is 2. The van der Waals surface area contributed by atoms with Crippen LogP contribution in [0, 0.1) is 0 Å². The van der Waals surface area contributed by atoms with Gasteiger partial charge in [-0.2, -0.15) is 0 Å². The van der Waals surface area contributed by atoms with Gasteiger partial charge in [0.25, 0.3) is 5.91 Å². The summed E-state index contributed by atoms with van der Waals surface area (Å²) < 4.78 is 0. The monoisotopic (exact) mass is 427 g/mol. The summed E-state index contributed by atoms with van der Waals surface area (Å²) in [6.07, 6.45) is 0.